The molecule has 0 aliphatic rings. The molecule has 0 aliphatic carbocycles. The van der Waals surface area contributed by atoms with Crippen LogP contribution in [0, 0.1) is 5.82 Å². The molecular formula is C13H14BrFN4O5S. The molecule has 2 aromatic rings. The van der Waals surface area contributed by atoms with E-state index in [4.69, 9.17) is 9.88 Å². The van der Waals surface area contributed by atoms with E-state index in [-0.39, 0.29) is 47.0 Å². The number of hydrogen-bond acceptors (Lipinski definition) is 8. The Bertz CT molecular complexity index is 871. The quantitative estimate of drug-likeness (QED) is 0.274. The molecule has 9 nitrogen and oxygen atoms in total. The molecule has 1 aromatic carbocycles. The topological polar surface area (TPSA) is 141 Å². The largest absolute Gasteiger partial charge is 0.411 e. The molecule has 0 saturated heterocycles. The molecule has 2 rings (SSSR count). The molecular weight excluding hydrogens is 423 g/mol. The van der Waals surface area contributed by atoms with Crippen molar-refractivity contribution in [1.29, 1.82) is 0 Å². The minimum absolute atomic E-state index is 0.111. The highest BCUT2D eigenvalue weighted by molar-refractivity contribution is 9.10. The zero-order chi connectivity index (χ0) is 18.4. The van der Waals surface area contributed by atoms with E-state index in [1.165, 1.54) is 18.2 Å². The summed E-state index contributed by atoms with van der Waals surface area (Å²) in [6, 6.07) is 4.34. The first kappa shape index (κ1) is 19.4. The standard InChI is InChI=1S/C13H14BrFN4O5S/c14-9-5-8(1-2-10(9)15)6-11(17-20)13-12(18-24-19-13)7-23-3-4-25(16,21)22/h1-2,5,20H,3-4,6-7H2,(H2,16,21,22)/b17-11+. The highest BCUT2D eigenvalue weighted by atomic mass is 79.9. The van der Waals surface area contributed by atoms with Crippen LogP contribution in [0.3, 0.4) is 0 Å². The molecule has 0 aliphatic heterocycles. The highest BCUT2D eigenvalue weighted by Gasteiger charge is 2.18. The van der Waals surface area contributed by atoms with Crippen molar-refractivity contribution in [3.63, 3.8) is 0 Å². The molecule has 0 saturated carbocycles. The van der Waals surface area contributed by atoms with Crippen molar-refractivity contribution >= 4 is 31.7 Å². The van der Waals surface area contributed by atoms with Gasteiger partial charge in [0.1, 0.15) is 17.2 Å². The van der Waals surface area contributed by atoms with Crippen LogP contribution in [0.5, 0.6) is 0 Å². The van der Waals surface area contributed by atoms with Crippen molar-refractivity contribution < 1.29 is 27.4 Å². The predicted octanol–water partition coefficient (Wildman–Crippen LogP) is 1.20. The molecule has 0 atom stereocenters. The Morgan fingerprint density at radius 1 is 1.44 bits per heavy atom. The number of primary sulfonamides is 1. The van der Waals surface area contributed by atoms with Crippen LogP contribution in [0.4, 0.5) is 4.39 Å². The van der Waals surface area contributed by atoms with Crippen LogP contribution in [0.25, 0.3) is 0 Å². The van der Waals surface area contributed by atoms with Crippen LogP contribution in [0.2, 0.25) is 0 Å². The van der Waals surface area contributed by atoms with Crippen molar-refractivity contribution in [2.24, 2.45) is 10.3 Å². The van der Waals surface area contributed by atoms with Gasteiger partial charge in [-0.2, -0.15) is 0 Å². The smallest absolute Gasteiger partial charge is 0.211 e. The average Bonchev–Trinajstić information content (AvgIpc) is 3.00. The summed E-state index contributed by atoms with van der Waals surface area (Å²) < 4.78 is 45.0. The number of rotatable bonds is 8. The van der Waals surface area contributed by atoms with Gasteiger partial charge in [-0.3, -0.25) is 0 Å². The second-order valence-corrected chi connectivity index (χ2v) is 7.54. The van der Waals surface area contributed by atoms with Gasteiger partial charge in [-0.05, 0) is 38.8 Å². The second kappa shape index (κ2) is 8.47. The maximum Gasteiger partial charge on any atom is 0.211 e. The Kier molecular flexibility index (Phi) is 6.58. The minimum atomic E-state index is -3.63. The first-order chi connectivity index (χ1) is 11.8. The summed E-state index contributed by atoms with van der Waals surface area (Å²) in [5.41, 5.74) is 1.16. The lowest BCUT2D eigenvalue weighted by Gasteiger charge is -2.05. The SMILES string of the molecule is NS(=O)(=O)CCOCc1nonc1/C(Cc1ccc(F)c(Br)c1)=N/O. The van der Waals surface area contributed by atoms with Gasteiger partial charge in [-0.15, -0.1) is 0 Å². The number of ether oxygens (including phenoxy) is 1. The van der Waals surface area contributed by atoms with Crippen LogP contribution in [-0.2, 0) is 27.8 Å². The van der Waals surface area contributed by atoms with Gasteiger partial charge in [-0.1, -0.05) is 16.4 Å². The Balaban J connectivity index is 2.06. The normalized spacial score (nSPS) is 12.5. The van der Waals surface area contributed by atoms with Gasteiger partial charge in [0.05, 0.1) is 23.4 Å². The fourth-order valence-electron chi connectivity index (χ4n) is 1.87. The molecule has 12 heteroatoms. The van der Waals surface area contributed by atoms with Crippen molar-refractivity contribution in [2.75, 3.05) is 12.4 Å². The van der Waals surface area contributed by atoms with Crippen molar-refractivity contribution in [3.8, 4) is 0 Å². The van der Waals surface area contributed by atoms with Gasteiger partial charge in [0.2, 0.25) is 10.0 Å². The fourth-order valence-corrected chi connectivity index (χ4v) is 2.65. The van der Waals surface area contributed by atoms with Gasteiger partial charge in [-0.25, -0.2) is 22.6 Å². The van der Waals surface area contributed by atoms with E-state index in [2.05, 4.69) is 36.0 Å². The lowest BCUT2D eigenvalue weighted by molar-refractivity contribution is 0.129. The Hall–Kier alpha value is -1.89. The summed E-state index contributed by atoms with van der Waals surface area (Å²) in [6.45, 7) is -0.248. The molecule has 3 N–H and O–H groups in total. The Morgan fingerprint density at radius 2 is 2.20 bits per heavy atom. The Labute approximate surface area is 150 Å². The highest BCUT2D eigenvalue weighted by Crippen LogP contribution is 2.19. The first-order valence-electron chi connectivity index (χ1n) is 6.85. The zero-order valence-corrected chi connectivity index (χ0v) is 15.1. The number of nitrogens with zero attached hydrogens (tertiary/aromatic N) is 3. The predicted molar refractivity (Wildman–Crippen MR) is 88.1 cm³/mol. The molecule has 0 fully saturated rings. The molecule has 0 unspecified atom stereocenters. The minimum Gasteiger partial charge on any atom is -0.411 e. The van der Waals surface area contributed by atoms with E-state index in [0.717, 1.165) is 0 Å². The molecule has 25 heavy (non-hydrogen) atoms. The van der Waals surface area contributed by atoms with E-state index in [1.807, 2.05) is 0 Å². The van der Waals surface area contributed by atoms with Crippen molar-refractivity contribution in [2.45, 2.75) is 13.0 Å². The van der Waals surface area contributed by atoms with Gasteiger partial charge >= 0.3 is 0 Å². The number of halogens is 2. The number of benzene rings is 1. The molecule has 136 valence electrons. The first-order valence-corrected chi connectivity index (χ1v) is 9.36. The van der Waals surface area contributed by atoms with Crippen LogP contribution in [-0.4, -0.2) is 42.0 Å². The maximum atomic E-state index is 13.3. The summed E-state index contributed by atoms with van der Waals surface area (Å²) in [5, 5.41) is 24.6. The zero-order valence-electron chi connectivity index (χ0n) is 12.7. The third-order valence-corrected chi connectivity index (χ3v) is 4.40. The lowest BCUT2D eigenvalue weighted by atomic mass is 10.1. The number of aromatic nitrogens is 2. The van der Waals surface area contributed by atoms with E-state index in [9.17, 15) is 18.0 Å². The Morgan fingerprint density at radius 3 is 2.84 bits per heavy atom. The van der Waals surface area contributed by atoms with E-state index in [1.54, 1.807) is 0 Å². The molecule has 0 radical (unpaired) electrons. The average molecular weight is 437 g/mol. The monoisotopic (exact) mass is 436 g/mol. The van der Waals surface area contributed by atoms with Gasteiger partial charge in [0, 0.05) is 6.42 Å². The molecule has 1 heterocycles. The fraction of sp³-hybridized carbons (Fsp3) is 0.308. The van der Waals surface area contributed by atoms with Crippen LogP contribution in [0.15, 0.2) is 32.5 Å². The molecule has 1 aromatic heterocycles. The van der Waals surface area contributed by atoms with Crippen molar-refractivity contribution in [1.82, 2.24) is 10.3 Å². The molecule has 0 spiro atoms. The molecule has 0 amide bonds. The van der Waals surface area contributed by atoms with Gasteiger partial charge in [0.15, 0.2) is 5.69 Å². The number of hydrogen-bond donors (Lipinski definition) is 2. The van der Waals surface area contributed by atoms with Crippen LogP contribution >= 0.6 is 15.9 Å². The van der Waals surface area contributed by atoms with E-state index in [0.29, 0.717) is 5.56 Å². The molecule has 0 bridgehead atoms. The summed E-state index contributed by atoms with van der Waals surface area (Å²) in [6.07, 6.45) is 0.133. The number of sulfonamides is 1. The summed E-state index contributed by atoms with van der Waals surface area (Å²) in [4.78, 5) is 0. The second-order valence-electron chi connectivity index (χ2n) is 4.95. The van der Waals surface area contributed by atoms with E-state index >= 15 is 0 Å². The maximum absolute atomic E-state index is 13.3. The third-order valence-electron chi connectivity index (χ3n) is 3.06. The van der Waals surface area contributed by atoms with Gasteiger partial charge in [0.25, 0.3) is 0 Å². The summed E-state index contributed by atoms with van der Waals surface area (Å²) in [5.74, 6) is -0.767. The number of oxime groups is 1. The third kappa shape index (κ3) is 5.85. The summed E-state index contributed by atoms with van der Waals surface area (Å²) in [7, 11) is -3.63. The van der Waals surface area contributed by atoms with Gasteiger partial charge < -0.3 is 9.94 Å². The van der Waals surface area contributed by atoms with Crippen LogP contribution < -0.4 is 5.14 Å². The van der Waals surface area contributed by atoms with Crippen LogP contribution in [0.1, 0.15) is 17.0 Å². The number of nitrogens with two attached hydrogens (primary N) is 1. The van der Waals surface area contributed by atoms with Crippen molar-refractivity contribution in [3.05, 3.63) is 45.4 Å². The van der Waals surface area contributed by atoms with E-state index < -0.39 is 15.8 Å². The lowest BCUT2D eigenvalue weighted by Crippen LogP contribution is -2.20. The summed E-state index contributed by atoms with van der Waals surface area (Å²) >= 11 is 3.08.